The van der Waals surface area contributed by atoms with Crippen molar-refractivity contribution >= 4 is 29.3 Å². The molecule has 2 aliphatic heterocycles. The molecule has 0 bridgehead atoms. The zero-order valence-electron chi connectivity index (χ0n) is 20.8. The van der Waals surface area contributed by atoms with Gasteiger partial charge < -0.3 is 19.9 Å². The van der Waals surface area contributed by atoms with Crippen LogP contribution in [-0.4, -0.2) is 71.6 Å². The van der Waals surface area contributed by atoms with Crippen LogP contribution in [0.4, 0.5) is 5.69 Å². The Bertz CT molecular complexity index is 897. The number of ether oxygens (including phenoxy) is 1. The van der Waals surface area contributed by atoms with Crippen molar-refractivity contribution in [3.8, 4) is 6.07 Å². The summed E-state index contributed by atoms with van der Waals surface area (Å²) in [5.74, 6) is -1.36. The summed E-state index contributed by atoms with van der Waals surface area (Å²) in [6.07, 6.45) is 7.36. The number of likely N-dealkylation sites (tertiary alicyclic amines) is 1. The normalized spacial score (nSPS) is 21.0. The van der Waals surface area contributed by atoms with Crippen molar-refractivity contribution in [3.63, 3.8) is 0 Å². The molecular weight excluding hydrogens is 460 g/mol. The Hall–Kier alpha value is -2.50. The van der Waals surface area contributed by atoms with Crippen molar-refractivity contribution in [1.82, 2.24) is 9.80 Å². The van der Waals surface area contributed by atoms with Gasteiger partial charge >= 0.3 is 5.97 Å². The molecule has 0 aliphatic carbocycles. The number of hydrogen-bond donors (Lipinski definition) is 1. The molecule has 1 amide bonds. The molecule has 1 aromatic rings. The average Bonchev–Trinajstić information content (AvgIpc) is 3.49. The van der Waals surface area contributed by atoms with Crippen LogP contribution in [0.5, 0.6) is 0 Å². The summed E-state index contributed by atoms with van der Waals surface area (Å²) >= 11 is 1.55. The Morgan fingerprint density at radius 2 is 2.20 bits per heavy atom. The molecule has 0 spiro atoms. The minimum Gasteiger partial charge on any atom is -0.460 e. The van der Waals surface area contributed by atoms with Gasteiger partial charge in [-0.05, 0) is 76.4 Å². The maximum Gasteiger partial charge on any atom is 0.323 e. The van der Waals surface area contributed by atoms with Crippen LogP contribution in [0.3, 0.4) is 0 Å². The number of amides is 1. The van der Waals surface area contributed by atoms with Gasteiger partial charge in [0.1, 0.15) is 12.5 Å². The first-order chi connectivity index (χ1) is 17.0. The van der Waals surface area contributed by atoms with Gasteiger partial charge in [-0.3, -0.25) is 9.59 Å². The molecule has 2 fully saturated rings. The van der Waals surface area contributed by atoms with Crippen molar-refractivity contribution < 1.29 is 14.3 Å². The number of rotatable bonds is 14. The average molecular weight is 499 g/mol. The topological polar surface area (TPSA) is 85.7 Å². The number of anilines is 1. The Kier molecular flexibility index (Phi) is 11.0. The lowest BCUT2D eigenvalue weighted by atomic mass is 10.1. The second kappa shape index (κ2) is 14.2. The third-order valence-corrected chi connectivity index (χ3v) is 8.12. The van der Waals surface area contributed by atoms with Gasteiger partial charge in [0, 0.05) is 25.2 Å². The molecule has 0 aromatic heterocycles. The highest BCUT2D eigenvalue weighted by Gasteiger charge is 2.41. The van der Waals surface area contributed by atoms with Crippen LogP contribution in [0.2, 0.25) is 0 Å². The summed E-state index contributed by atoms with van der Waals surface area (Å²) < 4.78 is 5.05. The van der Waals surface area contributed by atoms with E-state index in [1.54, 1.807) is 16.7 Å². The van der Waals surface area contributed by atoms with Crippen molar-refractivity contribution in [2.75, 3.05) is 44.6 Å². The van der Waals surface area contributed by atoms with E-state index in [1.165, 1.54) is 50.5 Å². The van der Waals surface area contributed by atoms with E-state index in [0.717, 1.165) is 12.1 Å². The van der Waals surface area contributed by atoms with Gasteiger partial charge in [0.25, 0.3) is 0 Å². The fourth-order valence-corrected chi connectivity index (χ4v) is 6.31. The van der Waals surface area contributed by atoms with Crippen molar-refractivity contribution in [2.45, 2.75) is 56.1 Å². The van der Waals surface area contributed by atoms with Gasteiger partial charge in [-0.25, -0.2) is 0 Å². The third kappa shape index (κ3) is 8.01. The molecule has 35 heavy (non-hydrogen) atoms. The van der Waals surface area contributed by atoms with Crippen LogP contribution < -0.4 is 5.32 Å². The van der Waals surface area contributed by atoms with Gasteiger partial charge in [-0.2, -0.15) is 5.26 Å². The predicted molar refractivity (Wildman–Crippen MR) is 141 cm³/mol. The van der Waals surface area contributed by atoms with E-state index >= 15 is 0 Å². The van der Waals surface area contributed by atoms with Crippen LogP contribution in [0.15, 0.2) is 36.9 Å². The number of esters is 1. The van der Waals surface area contributed by atoms with E-state index in [-0.39, 0.29) is 29.6 Å². The zero-order chi connectivity index (χ0) is 25.0. The van der Waals surface area contributed by atoms with Crippen LogP contribution in [0.25, 0.3) is 0 Å². The van der Waals surface area contributed by atoms with Crippen LogP contribution in [0, 0.1) is 17.2 Å². The van der Waals surface area contributed by atoms with E-state index in [2.05, 4.69) is 41.1 Å². The molecule has 2 saturated heterocycles. The van der Waals surface area contributed by atoms with Crippen molar-refractivity contribution in [2.24, 2.45) is 5.92 Å². The summed E-state index contributed by atoms with van der Waals surface area (Å²) in [6, 6.07) is 10.6. The molecular formula is C27H38N4O3S. The Morgan fingerprint density at radius 3 is 2.91 bits per heavy atom. The van der Waals surface area contributed by atoms with Gasteiger partial charge in [0.15, 0.2) is 0 Å². The molecule has 3 rings (SSSR count). The number of thioether (sulfide) groups is 1. The van der Waals surface area contributed by atoms with Gasteiger partial charge in [-0.1, -0.05) is 24.8 Å². The summed E-state index contributed by atoms with van der Waals surface area (Å²) in [5, 5.41) is 12.5. The maximum absolute atomic E-state index is 12.9. The van der Waals surface area contributed by atoms with Gasteiger partial charge in [0.2, 0.25) is 5.91 Å². The fourth-order valence-electron chi connectivity index (χ4n) is 4.72. The first-order valence-corrected chi connectivity index (χ1v) is 13.7. The number of nitrogens with one attached hydrogen (secondary N) is 1. The largest absolute Gasteiger partial charge is 0.460 e. The van der Waals surface area contributed by atoms with Crippen molar-refractivity contribution in [1.29, 1.82) is 5.26 Å². The second-order valence-electron chi connectivity index (χ2n) is 9.11. The third-order valence-electron chi connectivity index (χ3n) is 6.59. The predicted octanol–water partition coefficient (Wildman–Crippen LogP) is 4.07. The maximum atomic E-state index is 12.9. The number of aryl methyl sites for hydroxylation is 1. The van der Waals surface area contributed by atoms with E-state index in [4.69, 9.17) is 4.74 Å². The van der Waals surface area contributed by atoms with Crippen molar-refractivity contribution in [3.05, 3.63) is 42.5 Å². The lowest BCUT2D eigenvalue weighted by Crippen LogP contribution is -2.36. The lowest BCUT2D eigenvalue weighted by Gasteiger charge is -2.23. The molecule has 1 aromatic carbocycles. The number of nitriles is 1. The minimum atomic E-state index is -0.889. The molecule has 2 heterocycles. The second-order valence-corrected chi connectivity index (χ2v) is 10.5. The number of carbonyl (C=O) groups is 2. The van der Waals surface area contributed by atoms with Gasteiger partial charge in [0.05, 0.1) is 16.7 Å². The number of benzene rings is 1. The van der Waals surface area contributed by atoms with Crippen LogP contribution in [-0.2, 0) is 20.7 Å². The number of carbonyl (C=O) groups excluding carboxylic acids is 2. The van der Waals surface area contributed by atoms with Crippen LogP contribution in [0.1, 0.15) is 44.6 Å². The highest BCUT2D eigenvalue weighted by atomic mass is 32.2. The molecule has 0 radical (unpaired) electrons. The fraction of sp³-hybridized carbons (Fsp3) is 0.593. The molecule has 2 aliphatic rings. The SMILES string of the molecule is C=CCOC(=O)C(C#N)CC1SC(CCNc2cccc(CCCN3CCCC3)c2)C(=O)N1CC. The highest BCUT2D eigenvalue weighted by Crippen LogP contribution is 2.37. The Balaban J connectivity index is 1.46. The van der Waals surface area contributed by atoms with E-state index in [0.29, 0.717) is 19.5 Å². The first kappa shape index (κ1) is 27.1. The standard InChI is InChI=1S/C27H38N4O3S/c1-3-17-34-27(33)22(20-28)19-25-31(4-2)26(32)24(35-25)12-13-29-23-11-7-9-21(18-23)10-8-16-30-14-5-6-15-30/h3,7,9,11,18,22,24-25,29H,1,4-6,8,10,12-17,19H2,2H3. The van der Waals surface area contributed by atoms with Crippen LogP contribution >= 0.6 is 11.8 Å². The molecule has 8 heteroatoms. The zero-order valence-corrected chi connectivity index (χ0v) is 21.6. The molecule has 1 N–H and O–H groups in total. The Morgan fingerprint density at radius 1 is 1.40 bits per heavy atom. The minimum absolute atomic E-state index is 0.0797. The van der Waals surface area contributed by atoms with Gasteiger partial charge in [-0.15, -0.1) is 11.8 Å². The summed E-state index contributed by atoms with van der Waals surface area (Å²) in [7, 11) is 0. The van der Waals surface area contributed by atoms with E-state index < -0.39 is 11.9 Å². The highest BCUT2D eigenvalue weighted by molar-refractivity contribution is 8.01. The first-order valence-electron chi connectivity index (χ1n) is 12.7. The summed E-state index contributed by atoms with van der Waals surface area (Å²) in [5.41, 5.74) is 2.42. The summed E-state index contributed by atoms with van der Waals surface area (Å²) in [4.78, 5) is 29.4. The molecule has 3 unspecified atom stereocenters. The number of hydrogen-bond acceptors (Lipinski definition) is 7. The summed E-state index contributed by atoms with van der Waals surface area (Å²) in [6.45, 7) is 10.4. The van der Waals surface area contributed by atoms with E-state index in [1.807, 2.05) is 13.0 Å². The lowest BCUT2D eigenvalue weighted by molar-refractivity contribution is -0.146. The smallest absolute Gasteiger partial charge is 0.323 e. The monoisotopic (exact) mass is 498 g/mol. The van der Waals surface area contributed by atoms with E-state index in [9.17, 15) is 14.9 Å². The molecule has 3 atom stereocenters. The Labute approximate surface area is 213 Å². The number of nitrogens with zero attached hydrogens (tertiary/aromatic N) is 3. The molecule has 7 nitrogen and oxygen atoms in total. The molecule has 0 saturated carbocycles. The quantitative estimate of drug-likeness (QED) is 0.306. The molecule has 190 valence electrons.